The highest BCUT2D eigenvalue weighted by atomic mass is 32.2. The molecule has 104 valence electrons. The van der Waals surface area contributed by atoms with Gasteiger partial charge in [-0.3, -0.25) is 0 Å². The van der Waals surface area contributed by atoms with Crippen LogP contribution in [0.5, 0.6) is 0 Å². The smallest absolute Gasteiger partial charge is 0.259 e. The van der Waals surface area contributed by atoms with E-state index >= 15 is 0 Å². The first-order valence-electron chi connectivity index (χ1n) is 5.55. The van der Waals surface area contributed by atoms with Crippen LogP contribution in [-0.2, 0) is 22.7 Å². The Morgan fingerprint density at radius 1 is 1.58 bits per heavy atom. The third kappa shape index (κ3) is 3.21. The van der Waals surface area contributed by atoms with E-state index in [1.807, 2.05) is 11.4 Å². The van der Waals surface area contributed by atoms with Crippen molar-refractivity contribution in [2.75, 3.05) is 6.54 Å². The number of nitrogens with zero attached hydrogens (tertiary/aromatic N) is 2. The molecule has 0 spiro atoms. The summed E-state index contributed by atoms with van der Waals surface area (Å²) in [6.45, 7) is 1.46. The van der Waals surface area contributed by atoms with Crippen molar-refractivity contribution in [3.63, 3.8) is 0 Å². The van der Waals surface area contributed by atoms with Crippen LogP contribution in [0.2, 0.25) is 0 Å². The molecular formula is C11H15N3O3S2. The number of rotatable bonds is 5. The monoisotopic (exact) mass is 301 g/mol. The van der Waals surface area contributed by atoms with Crippen LogP contribution in [0, 0.1) is 0 Å². The summed E-state index contributed by atoms with van der Waals surface area (Å²) < 4.78 is 27.9. The normalized spacial score (nSPS) is 15.3. The summed E-state index contributed by atoms with van der Waals surface area (Å²) in [7, 11) is -2.01. The van der Waals surface area contributed by atoms with Gasteiger partial charge < -0.3 is 9.67 Å². The Kier molecular flexibility index (Phi) is 3.77. The number of hydrogen-bond donors (Lipinski definition) is 2. The van der Waals surface area contributed by atoms with Crippen molar-refractivity contribution in [3.8, 4) is 0 Å². The van der Waals surface area contributed by atoms with Crippen molar-refractivity contribution in [2.24, 2.45) is 7.05 Å². The molecule has 0 aliphatic carbocycles. The summed E-state index contributed by atoms with van der Waals surface area (Å²) in [5, 5.41) is 12.0. The van der Waals surface area contributed by atoms with Gasteiger partial charge in [-0.15, -0.1) is 11.3 Å². The molecule has 0 unspecified atom stereocenters. The number of aromatic nitrogens is 2. The van der Waals surface area contributed by atoms with Crippen LogP contribution in [0.3, 0.4) is 0 Å². The molecule has 0 aliphatic rings. The SMILES string of the molecule is Cn1cnc(S(=O)(=O)NC[C@@](C)(O)c2cccs2)c1. The van der Waals surface area contributed by atoms with Gasteiger partial charge in [-0.25, -0.2) is 18.1 Å². The molecule has 2 N–H and O–H groups in total. The van der Waals surface area contributed by atoms with Crippen LogP contribution in [0.25, 0.3) is 0 Å². The molecule has 0 fully saturated rings. The number of imidazole rings is 1. The summed E-state index contributed by atoms with van der Waals surface area (Å²) in [4.78, 5) is 4.49. The second-order valence-corrected chi connectivity index (χ2v) is 7.11. The van der Waals surface area contributed by atoms with Gasteiger partial charge in [-0.2, -0.15) is 0 Å². The van der Waals surface area contributed by atoms with Gasteiger partial charge in [0.1, 0.15) is 5.60 Å². The largest absolute Gasteiger partial charge is 0.383 e. The Labute approximate surface area is 115 Å². The summed E-state index contributed by atoms with van der Waals surface area (Å²) in [5.74, 6) is 0. The second-order valence-electron chi connectivity index (χ2n) is 4.45. The van der Waals surface area contributed by atoms with E-state index in [-0.39, 0.29) is 11.6 Å². The van der Waals surface area contributed by atoms with Gasteiger partial charge in [0.25, 0.3) is 10.0 Å². The van der Waals surface area contributed by atoms with Crippen molar-refractivity contribution < 1.29 is 13.5 Å². The third-order valence-corrected chi connectivity index (χ3v) is 5.02. The topological polar surface area (TPSA) is 84.2 Å². The summed E-state index contributed by atoms with van der Waals surface area (Å²) in [6.07, 6.45) is 2.81. The maximum atomic E-state index is 12.0. The first kappa shape index (κ1) is 14.2. The maximum absolute atomic E-state index is 12.0. The van der Waals surface area contributed by atoms with Gasteiger partial charge >= 0.3 is 0 Å². The lowest BCUT2D eigenvalue weighted by Gasteiger charge is -2.21. The number of aliphatic hydroxyl groups is 1. The number of thiophene rings is 1. The van der Waals surface area contributed by atoms with E-state index in [2.05, 4.69) is 9.71 Å². The van der Waals surface area contributed by atoms with Crippen LogP contribution in [0.4, 0.5) is 0 Å². The highest BCUT2D eigenvalue weighted by Crippen LogP contribution is 2.24. The first-order valence-corrected chi connectivity index (χ1v) is 7.91. The number of sulfonamides is 1. The molecule has 8 heteroatoms. The van der Waals surface area contributed by atoms with E-state index in [0.29, 0.717) is 4.88 Å². The number of nitrogens with one attached hydrogen (secondary N) is 1. The fourth-order valence-electron chi connectivity index (χ4n) is 1.51. The fraction of sp³-hybridized carbons (Fsp3) is 0.364. The predicted molar refractivity (Wildman–Crippen MR) is 72.3 cm³/mol. The van der Waals surface area contributed by atoms with E-state index in [1.165, 1.54) is 23.9 Å². The zero-order chi connectivity index (χ0) is 14.1. The highest BCUT2D eigenvalue weighted by molar-refractivity contribution is 7.89. The van der Waals surface area contributed by atoms with Gasteiger partial charge in [0.2, 0.25) is 0 Å². The molecule has 2 rings (SSSR count). The standard InChI is InChI=1S/C11H15N3O3S2/c1-11(15,9-4-3-5-18-9)7-13-19(16,17)10-6-14(2)8-12-10/h3-6,8,13,15H,7H2,1-2H3/t11-/m1/s1. The molecule has 0 radical (unpaired) electrons. The Balaban J connectivity index is 2.10. The molecule has 2 aromatic heterocycles. The molecular weight excluding hydrogens is 286 g/mol. The molecule has 0 aliphatic heterocycles. The summed E-state index contributed by atoms with van der Waals surface area (Å²) in [6, 6.07) is 3.57. The number of hydrogen-bond acceptors (Lipinski definition) is 5. The molecule has 0 amide bonds. The molecule has 2 heterocycles. The van der Waals surface area contributed by atoms with Crippen LogP contribution >= 0.6 is 11.3 Å². The molecule has 1 atom stereocenters. The predicted octanol–water partition coefficient (Wildman–Crippen LogP) is 0.668. The van der Waals surface area contributed by atoms with Crippen molar-refractivity contribution in [3.05, 3.63) is 34.9 Å². The van der Waals surface area contributed by atoms with E-state index in [0.717, 1.165) is 0 Å². The van der Waals surface area contributed by atoms with Crippen molar-refractivity contribution in [2.45, 2.75) is 17.6 Å². The first-order chi connectivity index (χ1) is 8.81. The number of aryl methyl sites for hydroxylation is 1. The second kappa shape index (κ2) is 5.04. The quantitative estimate of drug-likeness (QED) is 0.850. The Hall–Kier alpha value is -1.22. The minimum Gasteiger partial charge on any atom is -0.383 e. The van der Waals surface area contributed by atoms with Crippen LogP contribution in [0.1, 0.15) is 11.8 Å². The minimum atomic E-state index is -3.70. The van der Waals surface area contributed by atoms with Crippen LogP contribution in [0.15, 0.2) is 35.1 Å². The molecule has 0 aromatic carbocycles. The van der Waals surface area contributed by atoms with Crippen molar-refractivity contribution in [1.29, 1.82) is 0 Å². The lowest BCUT2D eigenvalue weighted by molar-refractivity contribution is 0.0666. The van der Waals surface area contributed by atoms with E-state index < -0.39 is 15.6 Å². The van der Waals surface area contributed by atoms with Crippen LogP contribution in [-0.4, -0.2) is 29.6 Å². The van der Waals surface area contributed by atoms with E-state index in [1.54, 1.807) is 24.6 Å². The zero-order valence-corrected chi connectivity index (χ0v) is 12.2. The lowest BCUT2D eigenvalue weighted by Crippen LogP contribution is -2.38. The summed E-state index contributed by atoms with van der Waals surface area (Å²) >= 11 is 1.38. The molecule has 0 bridgehead atoms. The Bertz CT molecular complexity index is 645. The molecule has 6 nitrogen and oxygen atoms in total. The maximum Gasteiger partial charge on any atom is 0.259 e. The van der Waals surface area contributed by atoms with Gasteiger partial charge in [-0.1, -0.05) is 6.07 Å². The van der Waals surface area contributed by atoms with E-state index in [4.69, 9.17) is 0 Å². The van der Waals surface area contributed by atoms with Gasteiger partial charge in [0.15, 0.2) is 5.03 Å². The van der Waals surface area contributed by atoms with Gasteiger partial charge in [-0.05, 0) is 18.4 Å². The highest BCUT2D eigenvalue weighted by Gasteiger charge is 2.27. The molecule has 19 heavy (non-hydrogen) atoms. The minimum absolute atomic E-state index is 0.0584. The molecule has 2 aromatic rings. The lowest BCUT2D eigenvalue weighted by atomic mass is 10.1. The van der Waals surface area contributed by atoms with Crippen molar-refractivity contribution in [1.82, 2.24) is 14.3 Å². The Morgan fingerprint density at radius 2 is 2.32 bits per heavy atom. The van der Waals surface area contributed by atoms with E-state index in [9.17, 15) is 13.5 Å². The van der Waals surface area contributed by atoms with Gasteiger partial charge in [0.05, 0.1) is 6.33 Å². The average Bonchev–Trinajstić information content (AvgIpc) is 2.97. The Morgan fingerprint density at radius 3 is 2.84 bits per heavy atom. The third-order valence-electron chi connectivity index (χ3n) is 2.61. The van der Waals surface area contributed by atoms with Crippen molar-refractivity contribution >= 4 is 21.4 Å². The zero-order valence-electron chi connectivity index (χ0n) is 10.6. The average molecular weight is 301 g/mol. The fourth-order valence-corrected chi connectivity index (χ4v) is 3.41. The van der Waals surface area contributed by atoms with Crippen LogP contribution < -0.4 is 4.72 Å². The molecule has 0 saturated heterocycles. The molecule has 0 saturated carbocycles. The van der Waals surface area contributed by atoms with Gasteiger partial charge in [0, 0.05) is 24.7 Å². The summed E-state index contributed by atoms with van der Waals surface area (Å²) in [5.41, 5.74) is -1.24.